The number of thiocarbonyl (C=S) groups is 1. The minimum Gasteiger partial charge on any atom is -0.493 e. The molecule has 0 aliphatic heterocycles. The van der Waals surface area contributed by atoms with E-state index in [0.717, 1.165) is 23.7 Å². The van der Waals surface area contributed by atoms with Crippen LogP contribution in [0.3, 0.4) is 0 Å². The molecule has 1 aliphatic carbocycles. The lowest BCUT2D eigenvalue weighted by atomic mass is 10.2. The van der Waals surface area contributed by atoms with Gasteiger partial charge in [0, 0.05) is 5.56 Å². The Bertz CT molecular complexity index is 402. The summed E-state index contributed by atoms with van der Waals surface area (Å²) in [4.78, 5) is 0.374. The Kier molecular flexibility index (Phi) is 3.29. The van der Waals surface area contributed by atoms with Gasteiger partial charge >= 0.3 is 0 Å². The van der Waals surface area contributed by atoms with Crippen LogP contribution in [0.4, 0.5) is 0 Å². The third kappa shape index (κ3) is 2.64. The van der Waals surface area contributed by atoms with Crippen LogP contribution in [0.5, 0.6) is 11.5 Å². The Morgan fingerprint density at radius 3 is 2.75 bits per heavy atom. The Balaban J connectivity index is 2.16. The summed E-state index contributed by atoms with van der Waals surface area (Å²) < 4.78 is 10.9. The summed E-state index contributed by atoms with van der Waals surface area (Å²) in [5.41, 5.74) is 6.38. The number of hydrogen-bond donors (Lipinski definition) is 1. The van der Waals surface area contributed by atoms with E-state index in [2.05, 4.69) is 0 Å². The van der Waals surface area contributed by atoms with Crippen LogP contribution in [0.1, 0.15) is 18.4 Å². The Hall–Kier alpha value is -1.29. The number of ether oxygens (including phenoxy) is 2. The molecule has 1 saturated carbocycles. The minimum atomic E-state index is 0.374. The van der Waals surface area contributed by atoms with Crippen LogP contribution in [0, 0.1) is 5.92 Å². The zero-order valence-corrected chi connectivity index (χ0v) is 10.0. The summed E-state index contributed by atoms with van der Waals surface area (Å²) in [6, 6.07) is 5.51. The van der Waals surface area contributed by atoms with Crippen LogP contribution in [0.2, 0.25) is 0 Å². The van der Waals surface area contributed by atoms with E-state index in [-0.39, 0.29) is 0 Å². The van der Waals surface area contributed by atoms with Crippen molar-refractivity contribution in [2.45, 2.75) is 12.8 Å². The highest BCUT2D eigenvalue weighted by Gasteiger charge is 2.22. The van der Waals surface area contributed by atoms with Crippen LogP contribution in [0.15, 0.2) is 18.2 Å². The minimum absolute atomic E-state index is 0.374. The number of benzene rings is 1. The highest BCUT2D eigenvalue weighted by Crippen LogP contribution is 2.33. The van der Waals surface area contributed by atoms with Crippen molar-refractivity contribution in [2.75, 3.05) is 13.7 Å². The Labute approximate surface area is 101 Å². The smallest absolute Gasteiger partial charge is 0.161 e. The van der Waals surface area contributed by atoms with Gasteiger partial charge < -0.3 is 15.2 Å². The van der Waals surface area contributed by atoms with Crippen LogP contribution < -0.4 is 15.2 Å². The monoisotopic (exact) mass is 237 g/mol. The van der Waals surface area contributed by atoms with Crippen LogP contribution in [0.25, 0.3) is 0 Å². The SMILES string of the molecule is COc1ccc(C(N)=S)cc1OCC1CC1. The van der Waals surface area contributed by atoms with E-state index in [0.29, 0.717) is 10.9 Å². The van der Waals surface area contributed by atoms with Crippen molar-refractivity contribution in [3.63, 3.8) is 0 Å². The van der Waals surface area contributed by atoms with Crippen LogP contribution >= 0.6 is 12.2 Å². The molecule has 0 heterocycles. The summed E-state index contributed by atoms with van der Waals surface area (Å²) in [7, 11) is 1.62. The van der Waals surface area contributed by atoms with E-state index in [1.807, 2.05) is 18.2 Å². The van der Waals surface area contributed by atoms with Gasteiger partial charge in [-0.1, -0.05) is 12.2 Å². The topological polar surface area (TPSA) is 44.5 Å². The molecule has 0 bridgehead atoms. The maximum absolute atomic E-state index is 5.70. The van der Waals surface area contributed by atoms with Gasteiger partial charge in [0.2, 0.25) is 0 Å². The first-order valence-corrected chi connectivity index (χ1v) is 5.72. The lowest BCUT2D eigenvalue weighted by Crippen LogP contribution is -2.10. The summed E-state index contributed by atoms with van der Waals surface area (Å²) in [5, 5.41) is 0. The van der Waals surface area contributed by atoms with Gasteiger partial charge in [-0.3, -0.25) is 0 Å². The standard InChI is InChI=1S/C12H15NO2S/c1-14-10-5-4-9(12(13)16)6-11(10)15-7-8-2-3-8/h4-6,8H,2-3,7H2,1H3,(H2,13,16). The van der Waals surface area contributed by atoms with Gasteiger partial charge in [0.1, 0.15) is 4.99 Å². The molecule has 16 heavy (non-hydrogen) atoms. The summed E-state index contributed by atoms with van der Waals surface area (Å²) in [5.74, 6) is 2.15. The van der Waals surface area contributed by atoms with E-state index in [4.69, 9.17) is 27.4 Å². The molecule has 1 fully saturated rings. The molecule has 1 aliphatic rings. The molecular weight excluding hydrogens is 222 g/mol. The van der Waals surface area contributed by atoms with Crippen molar-refractivity contribution in [3.8, 4) is 11.5 Å². The highest BCUT2D eigenvalue weighted by molar-refractivity contribution is 7.80. The van der Waals surface area contributed by atoms with Gasteiger partial charge in [0.15, 0.2) is 11.5 Å². The lowest BCUT2D eigenvalue weighted by molar-refractivity contribution is 0.280. The second-order valence-electron chi connectivity index (χ2n) is 3.98. The molecule has 0 atom stereocenters. The second kappa shape index (κ2) is 4.70. The average Bonchev–Trinajstić information content (AvgIpc) is 3.09. The fourth-order valence-electron chi connectivity index (χ4n) is 1.43. The highest BCUT2D eigenvalue weighted by atomic mass is 32.1. The van der Waals surface area contributed by atoms with Crippen molar-refractivity contribution in [1.82, 2.24) is 0 Å². The van der Waals surface area contributed by atoms with Crippen LogP contribution in [-0.4, -0.2) is 18.7 Å². The Morgan fingerprint density at radius 2 is 2.19 bits per heavy atom. The molecule has 1 aromatic rings. The molecule has 0 unspecified atom stereocenters. The molecule has 2 N–H and O–H groups in total. The van der Waals surface area contributed by atoms with E-state index in [1.165, 1.54) is 12.8 Å². The molecule has 4 heteroatoms. The third-order valence-corrected chi connectivity index (χ3v) is 2.86. The Morgan fingerprint density at radius 1 is 1.44 bits per heavy atom. The summed E-state index contributed by atoms with van der Waals surface area (Å²) >= 11 is 4.93. The average molecular weight is 237 g/mol. The number of nitrogens with two attached hydrogens (primary N) is 1. The zero-order chi connectivity index (χ0) is 11.5. The normalized spacial score (nSPS) is 14.6. The zero-order valence-electron chi connectivity index (χ0n) is 9.23. The summed E-state index contributed by atoms with van der Waals surface area (Å²) in [6.07, 6.45) is 2.52. The van der Waals surface area contributed by atoms with Gasteiger partial charge in [0.05, 0.1) is 13.7 Å². The van der Waals surface area contributed by atoms with Crippen molar-refractivity contribution in [1.29, 1.82) is 0 Å². The van der Waals surface area contributed by atoms with Gasteiger partial charge in [-0.2, -0.15) is 0 Å². The second-order valence-corrected chi connectivity index (χ2v) is 4.42. The number of hydrogen-bond acceptors (Lipinski definition) is 3. The predicted octanol–water partition coefficient (Wildman–Crippen LogP) is 2.12. The first-order valence-electron chi connectivity index (χ1n) is 5.31. The molecular formula is C12H15NO2S. The summed E-state index contributed by atoms with van der Waals surface area (Å²) in [6.45, 7) is 0.747. The van der Waals surface area contributed by atoms with Crippen molar-refractivity contribution in [3.05, 3.63) is 23.8 Å². The maximum atomic E-state index is 5.70. The van der Waals surface area contributed by atoms with Crippen molar-refractivity contribution < 1.29 is 9.47 Å². The van der Waals surface area contributed by atoms with Crippen LogP contribution in [-0.2, 0) is 0 Å². The van der Waals surface area contributed by atoms with Gasteiger partial charge in [-0.15, -0.1) is 0 Å². The molecule has 0 radical (unpaired) electrons. The van der Waals surface area contributed by atoms with Crippen molar-refractivity contribution >= 4 is 17.2 Å². The molecule has 86 valence electrons. The van der Waals surface area contributed by atoms with E-state index in [9.17, 15) is 0 Å². The van der Waals surface area contributed by atoms with E-state index >= 15 is 0 Å². The lowest BCUT2D eigenvalue weighted by Gasteiger charge is -2.11. The fraction of sp³-hybridized carbons (Fsp3) is 0.417. The molecule has 2 rings (SSSR count). The first-order chi connectivity index (χ1) is 7.70. The van der Waals surface area contributed by atoms with E-state index in [1.54, 1.807) is 7.11 Å². The molecule has 0 aromatic heterocycles. The third-order valence-electron chi connectivity index (χ3n) is 2.62. The fourth-order valence-corrected chi connectivity index (χ4v) is 1.56. The first kappa shape index (κ1) is 11.2. The maximum Gasteiger partial charge on any atom is 0.161 e. The predicted molar refractivity (Wildman–Crippen MR) is 67.1 cm³/mol. The van der Waals surface area contributed by atoms with Gasteiger partial charge in [0.25, 0.3) is 0 Å². The molecule has 0 amide bonds. The number of methoxy groups -OCH3 is 1. The molecule has 3 nitrogen and oxygen atoms in total. The molecule has 0 spiro atoms. The van der Waals surface area contributed by atoms with Gasteiger partial charge in [-0.05, 0) is 37.0 Å². The largest absolute Gasteiger partial charge is 0.493 e. The molecule has 0 saturated heterocycles. The quantitative estimate of drug-likeness (QED) is 0.797. The molecule has 1 aromatic carbocycles. The van der Waals surface area contributed by atoms with Gasteiger partial charge in [-0.25, -0.2) is 0 Å². The number of rotatable bonds is 5. The van der Waals surface area contributed by atoms with E-state index < -0.39 is 0 Å². The van der Waals surface area contributed by atoms with Crippen molar-refractivity contribution in [2.24, 2.45) is 11.7 Å².